The molecule has 2 N–H and O–H groups in total. The molecule has 0 saturated heterocycles. The summed E-state index contributed by atoms with van der Waals surface area (Å²) < 4.78 is 69.4. The van der Waals surface area contributed by atoms with E-state index in [1.807, 2.05) is 0 Å². The average Bonchev–Trinajstić information content (AvgIpc) is 2.71. The van der Waals surface area contributed by atoms with E-state index in [2.05, 4.69) is 0 Å². The molecule has 0 spiro atoms. The van der Waals surface area contributed by atoms with Gasteiger partial charge in [-0.15, -0.1) is 0 Å². The summed E-state index contributed by atoms with van der Waals surface area (Å²) in [4.78, 5) is 25.6. The number of phenols is 1. The number of ether oxygens (including phenoxy) is 2. The van der Waals surface area contributed by atoms with Crippen molar-refractivity contribution in [2.24, 2.45) is 17.3 Å². The van der Waals surface area contributed by atoms with Crippen LogP contribution >= 0.6 is 0 Å². The van der Waals surface area contributed by atoms with Gasteiger partial charge in [0.05, 0.1) is 5.41 Å². The molecule has 0 amide bonds. The molecule has 34 heavy (non-hydrogen) atoms. The van der Waals surface area contributed by atoms with E-state index in [1.165, 1.54) is 12.1 Å². The molecule has 11 heteroatoms. The molecular weight excluding hydrogens is 474 g/mol. The Morgan fingerprint density at radius 1 is 1.06 bits per heavy atom. The van der Waals surface area contributed by atoms with Crippen molar-refractivity contribution in [2.45, 2.75) is 49.4 Å². The molecule has 182 valence electrons. The fraction of sp³-hybridized carbons (Fsp3) is 0.478. The second-order valence-corrected chi connectivity index (χ2v) is 11.3. The van der Waals surface area contributed by atoms with Crippen molar-refractivity contribution in [1.29, 1.82) is 0 Å². The Labute approximate surface area is 193 Å². The van der Waals surface area contributed by atoms with E-state index in [0.29, 0.717) is 23.6 Å². The highest BCUT2D eigenvalue weighted by Gasteiger charge is 2.65. The molecule has 4 fully saturated rings. The monoisotopic (exact) mass is 496 g/mol. The summed E-state index contributed by atoms with van der Waals surface area (Å²) in [6, 6.07) is 9.65. The lowest BCUT2D eigenvalue weighted by Gasteiger charge is -2.59. The Bertz CT molecular complexity index is 1290. The van der Waals surface area contributed by atoms with Crippen LogP contribution in [-0.2, 0) is 24.4 Å². The SMILES string of the molecule is O=C(Oc1cccc2cc(O)ccc12)C12CC3CC(CC(OC(=O)C(F)(F)S(=O)(=O)O)(C3)C1)C2. The Hall–Kier alpha value is -2.79. The number of hydrogen-bond acceptors (Lipinski definition) is 7. The second kappa shape index (κ2) is 7.35. The number of esters is 2. The molecule has 4 aliphatic rings. The minimum Gasteiger partial charge on any atom is -0.508 e. The standard InChI is InChI=1S/C23H22F2O8S/c24-23(25,34(29,30)31)20(28)33-22-10-13-6-14(11-22)9-21(8-13,12-22)19(27)32-18-3-1-2-15-7-16(26)4-5-17(15)18/h1-5,7,13-14,26H,6,8-12H2,(H,29,30,31). The minimum atomic E-state index is -6.00. The molecule has 2 unspecified atom stereocenters. The lowest BCUT2D eigenvalue weighted by molar-refractivity contribution is -0.218. The molecule has 4 saturated carbocycles. The Morgan fingerprint density at radius 2 is 1.74 bits per heavy atom. The quantitative estimate of drug-likeness (QED) is 0.363. The van der Waals surface area contributed by atoms with E-state index in [9.17, 15) is 31.9 Å². The Balaban J connectivity index is 1.43. The van der Waals surface area contributed by atoms with Crippen LogP contribution in [0, 0.1) is 17.3 Å². The van der Waals surface area contributed by atoms with Crippen LogP contribution in [0.4, 0.5) is 8.78 Å². The van der Waals surface area contributed by atoms with Crippen LogP contribution in [0.3, 0.4) is 0 Å². The van der Waals surface area contributed by atoms with E-state index in [0.717, 1.165) is 6.42 Å². The third kappa shape index (κ3) is 3.61. The van der Waals surface area contributed by atoms with Gasteiger partial charge in [-0.05, 0) is 73.6 Å². The van der Waals surface area contributed by atoms with Crippen molar-refractivity contribution in [3.8, 4) is 11.5 Å². The molecule has 6 rings (SSSR count). The summed E-state index contributed by atoms with van der Waals surface area (Å²) in [5.41, 5.74) is -2.50. The predicted octanol–water partition coefficient (Wildman–Crippen LogP) is 3.81. The van der Waals surface area contributed by atoms with Gasteiger partial charge in [0.25, 0.3) is 0 Å². The lowest BCUT2D eigenvalue weighted by atomic mass is 9.48. The van der Waals surface area contributed by atoms with Gasteiger partial charge in [0, 0.05) is 11.8 Å². The number of fused-ring (bicyclic) bond motifs is 1. The first kappa shape index (κ1) is 23.0. The summed E-state index contributed by atoms with van der Waals surface area (Å²) in [5.74, 6) is -2.72. The third-order valence-corrected chi connectivity index (χ3v) is 8.15. The maximum Gasteiger partial charge on any atom is 0.465 e. The van der Waals surface area contributed by atoms with Gasteiger partial charge in [-0.25, -0.2) is 4.79 Å². The van der Waals surface area contributed by atoms with Crippen molar-refractivity contribution in [2.75, 3.05) is 0 Å². The molecule has 2 atom stereocenters. The molecule has 0 aromatic heterocycles. The smallest absolute Gasteiger partial charge is 0.465 e. The minimum absolute atomic E-state index is 0.0579. The number of hydrogen-bond donors (Lipinski definition) is 2. The zero-order chi connectivity index (χ0) is 24.5. The van der Waals surface area contributed by atoms with Crippen LogP contribution in [0.2, 0.25) is 0 Å². The third-order valence-electron chi connectivity index (χ3n) is 7.34. The first-order valence-electron chi connectivity index (χ1n) is 10.8. The number of carbonyl (C=O) groups is 2. The lowest BCUT2D eigenvalue weighted by Crippen LogP contribution is -2.61. The normalized spacial score (nSPS) is 30.3. The molecule has 4 bridgehead atoms. The number of alkyl halides is 2. The number of rotatable bonds is 5. The zero-order valence-corrected chi connectivity index (χ0v) is 18.7. The van der Waals surface area contributed by atoms with E-state index >= 15 is 0 Å². The van der Waals surface area contributed by atoms with Gasteiger partial charge >= 0.3 is 27.3 Å². The fourth-order valence-electron chi connectivity index (χ4n) is 6.44. The first-order chi connectivity index (χ1) is 15.8. The number of carbonyl (C=O) groups excluding carboxylic acids is 2. The second-order valence-electron chi connectivity index (χ2n) is 9.86. The largest absolute Gasteiger partial charge is 0.508 e. The van der Waals surface area contributed by atoms with Gasteiger partial charge < -0.3 is 14.6 Å². The summed E-state index contributed by atoms with van der Waals surface area (Å²) in [7, 11) is -6.00. The molecule has 4 aliphatic carbocycles. The number of benzene rings is 2. The Morgan fingerprint density at radius 3 is 2.38 bits per heavy atom. The highest BCUT2D eigenvalue weighted by molar-refractivity contribution is 7.87. The summed E-state index contributed by atoms with van der Waals surface area (Å²) in [5, 5.41) is 5.87. The van der Waals surface area contributed by atoms with Gasteiger partial charge in [-0.3, -0.25) is 9.35 Å². The van der Waals surface area contributed by atoms with Crippen LogP contribution < -0.4 is 4.74 Å². The Kier molecular flexibility index (Phi) is 4.97. The molecule has 8 nitrogen and oxygen atoms in total. The van der Waals surface area contributed by atoms with Crippen molar-refractivity contribution in [3.63, 3.8) is 0 Å². The fourth-order valence-corrected chi connectivity index (χ4v) is 6.69. The van der Waals surface area contributed by atoms with Crippen LogP contribution in [0.25, 0.3) is 10.8 Å². The van der Waals surface area contributed by atoms with Crippen molar-refractivity contribution >= 4 is 32.8 Å². The molecule has 0 aliphatic heterocycles. The predicted molar refractivity (Wildman–Crippen MR) is 114 cm³/mol. The first-order valence-corrected chi connectivity index (χ1v) is 12.3. The highest BCUT2D eigenvalue weighted by Crippen LogP contribution is 2.63. The summed E-state index contributed by atoms with van der Waals surface area (Å²) >= 11 is 0. The van der Waals surface area contributed by atoms with Gasteiger partial charge in [0.2, 0.25) is 0 Å². The van der Waals surface area contributed by atoms with Gasteiger partial charge in [-0.1, -0.05) is 12.1 Å². The van der Waals surface area contributed by atoms with Crippen LogP contribution in [0.15, 0.2) is 36.4 Å². The van der Waals surface area contributed by atoms with Crippen molar-refractivity contribution in [1.82, 2.24) is 0 Å². The molecule has 0 heterocycles. The van der Waals surface area contributed by atoms with E-state index in [1.54, 1.807) is 24.3 Å². The van der Waals surface area contributed by atoms with Gasteiger partial charge in [0.15, 0.2) is 0 Å². The van der Waals surface area contributed by atoms with Gasteiger partial charge in [0.1, 0.15) is 17.1 Å². The van der Waals surface area contributed by atoms with E-state index < -0.39 is 38.3 Å². The maximum atomic E-state index is 13.9. The average molecular weight is 496 g/mol. The van der Waals surface area contributed by atoms with Crippen LogP contribution in [0.1, 0.15) is 38.5 Å². The van der Waals surface area contributed by atoms with Crippen molar-refractivity contribution < 1.29 is 45.9 Å². The molecule has 0 radical (unpaired) electrons. The highest BCUT2D eigenvalue weighted by atomic mass is 32.2. The zero-order valence-electron chi connectivity index (χ0n) is 17.9. The van der Waals surface area contributed by atoms with Gasteiger partial charge in [-0.2, -0.15) is 17.2 Å². The number of aromatic hydroxyl groups is 1. The van der Waals surface area contributed by atoms with E-state index in [4.69, 9.17) is 14.0 Å². The van der Waals surface area contributed by atoms with Crippen LogP contribution in [-0.4, -0.2) is 40.9 Å². The maximum absolute atomic E-state index is 13.9. The molecule has 2 aromatic rings. The number of phenolic OH excluding ortho intramolecular Hbond substituents is 1. The number of halogens is 2. The van der Waals surface area contributed by atoms with E-state index in [-0.39, 0.29) is 42.6 Å². The molecule has 2 aromatic carbocycles. The van der Waals surface area contributed by atoms with Crippen LogP contribution in [0.5, 0.6) is 11.5 Å². The van der Waals surface area contributed by atoms with Crippen molar-refractivity contribution in [3.05, 3.63) is 36.4 Å². The molecular formula is C23H22F2O8S. The summed E-state index contributed by atoms with van der Waals surface area (Å²) in [6.07, 6.45) is 2.05. The topological polar surface area (TPSA) is 127 Å². The summed E-state index contributed by atoms with van der Waals surface area (Å²) in [6.45, 7) is 0.